The predicted octanol–water partition coefficient (Wildman–Crippen LogP) is 7.85. The van der Waals surface area contributed by atoms with Crippen molar-refractivity contribution in [3.8, 4) is 11.8 Å². The highest BCUT2D eigenvalue weighted by molar-refractivity contribution is 6.09. The van der Waals surface area contributed by atoms with Crippen LogP contribution < -0.4 is 0 Å². The van der Waals surface area contributed by atoms with Gasteiger partial charge in [0.1, 0.15) is 0 Å². The summed E-state index contributed by atoms with van der Waals surface area (Å²) in [6.07, 6.45) is 4.16. The van der Waals surface area contributed by atoms with Gasteiger partial charge < -0.3 is 4.57 Å². The number of fused-ring (bicyclic) bond motifs is 3. The second kappa shape index (κ2) is 9.15. The lowest BCUT2D eigenvalue weighted by molar-refractivity contribution is 1.18. The molecule has 1 heterocycles. The molecule has 0 aliphatic rings. The average Bonchev–Trinajstić information content (AvgIpc) is 3.19. The fraction of sp³-hybridized carbons (Fsp3) is 0.0690. The minimum atomic E-state index is 0.678. The van der Waals surface area contributed by atoms with E-state index >= 15 is 0 Å². The van der Waals surface area contributed by atoms with E-state index in [0.29, 0.717) is 5.56 Å². The normalized spacial score (nSPS) is 10.7. The second-order valence-electron chi connectivity index (χ2n) is 7.03. The maximum Gasteiger partial charge on any atom is 0.0991 e. The van der Waals surface area contributed by atoms with Crippen molar-refractivity contribution in [1.82, 2.24) is 4.57 Å². The molecule has 0 amide bonds. The Morgan fingerprint density at radius 1 is 0.613 bits per heavy atom. The summed E-state index contributed by atoms with van der Waals surface area (Å²) >= 11 is 0. The second-order valence-corrected chi connectivity index (χ2v) is 7.03. The number of nitriles is 1. The van der Waals surface area contributed by atoms with E-state index < -0.39 is 0 Å². The van der Waals surface area contributed by atoms with E-state index in [1.807, 2.05) is 38.1 Å². The van der Waals surface area contributed by atoms with Gasteiger partial charge >= 0.3 is 0 Å². The summed E-state index contributed by atoms with van der Waals surface area (Å²) in [5, 5.41) is 11.4. The highest BCUT2D eigenvalue weighted by Gasteiger charge is 2.10. The van der Waals surface area contributed by atoms with E-state index in [9.17, 15) is 0 Å². The molecule has 5 aromatic rings. The molecule has 2 heteroatoms. The molecule has 150 valence electrons. The number of para-hydroxylation sites is 2. The van der Waals surface area contributed by atoms with Gasteiger partial charge in [-0.05, 0) is 47.5 Å². The Balaban J connectivity index is 0.00000112. The Morgan fingerprint density at radius 2 is 1.06 bits per heavy atom. The van der Waals surface area contributed by atoms with E-state index in [1.54, 1.807) is 0 Å². The third-order valence-electron chi connectivity index (χ3n) is 5.24. The van der Waals surface area contributed by atoms with Crippen LogP contribution in [-0.2, 0) is 0 Å². The van der Waals surface area contributed by atoms with Crippen molar-refractivity contribution in [1.29, 1.82) is 5.26 Å². The van der Waals surface area contributed by atoms with Crippen LogP contribution in [0, 0.1) is 11.3 Å². The van der Waals surface area contributed by atoms with Crippen LogP contribution in [-0.4, -0.2) is 4.57 Å². The molecule has 0 aliphatic heterocycles. The van der Waals surface area contributed by atoms with Gasteiger partial charge in [-0.15, -0.1) is 0 Å². The Labute approximate surface area is 183 Å². The highest BCUT2D eigenvalue weighted by atomic mass is 15.0. The molecule has 0 aliphatic carbocycles. The Bertz CT molecular complexity index is 1330. The molecule has 31 heavy (non-hydrogen) atoms. The van der Waals surface area contributed by atoms with Gasteiger partial charge in [-0.3, -0.25) is 0 Å². The van der Waals surface area contributed by atoms with Crippen molar-refractivity contribution in [2.45, 2.75) is 13.8 Å². The van der Waals surface area contributed by atoms with Crippen LogP contribution in [0.2, 0.25) is 0 Å². The van der Waals surface area contributed by atoms with Crippen LogP contribution in [0.1, 0.15) is 30.5 Å². The summed E-state index contributed by atoms with van der Waals surface area (Å²) in [7, 11) is 0. The summed E-state index contributed by atoms with van der Waals surface area (Å²) in [5.41, 5.74) is 6.48. The molecule has 4 aromatic carbocycles. The van der Waals surface area contributed by atoms with Crippen molar-refractivity contribution in [2.24, 2.45) is 0 Å². The largest absolute Gasteiger partial charge is 0.309 e. The lowest BCUT2D eigenvalue weighted by Gasteiger charge is -2.08. The predicted molar refractivity (Wildman–Crippen MR) is 132 cm³/mol. The van der Waals surface area contributed by atoms with Crippen LogP contribution in [0.15, 0.2) is 97.1 Å². The zero-order valence-corrected chi connectivity index (χ0v) is 17.8. The van der Waals surface area contributed by atoms with Crippen LogP contribution in [0.25, 0.3) is 39.6 Å². The summed E-state index contributed by atoms with van der Waals surface area (Å²) < 4.78 is 2.32. The molecule has 0 bridgehead atoms. The standard InChI is InChI=1S/C27H18N2.C2H6/c28-19-22-13-11-20(12-14-22)9-10-21-15-17-23(18-16-21)29-26-7-3-1-5-24(26)25-6-2-4-8-27(25)29;1-2/h1-18H;1-2H3/b10-9+;. The van der Waals surface area contributed by atoms with Gasteiger partial charge in [-0.1, -0.05) is 86.7 Å². The molecule has 0 radical (unpaired) electrons. The van der Waals surface area contributed by atoms with Crippen LogP contribution >= 0.6 is 0 Å². The molecule has 1 aromatic heterocycles. The third kappa shape index (κ3) is 3.99. The minimum absolute atomic E-state index is 0.678. The molecule has 2 nitrogen and oxygen atoms in total. The molecule has 0 N–H and O–H groups in total. The summed E-state index contributed by atoms with van der Waals surface area (Å²) in [6.45, 7) is 4.00. The summed E-state index contributed by atoms with van der Waals surface area (Å²) in [5.74, 6) is 0. The molecule has 0 saturated carbocycles. The SMILES string of the molecule is CC.N#Cc1ccc(/C=C/c2ccc(-n3c4ccccc4c4ccccc43)cc2)cc1. The lowest BCUT2D eigenvalue weighted by Crippen LogP contribution is -1.93. The van der Waals surface area contributed by atoms with Gasteiger partial charge in [0, 0.05) is 16.5 Å². The van der Waals surface area contributed by atoms with Gasteiger partial charge in [0.05, 0.1) is 22.7 Å². The Hall–Kier alpha value is -4.09. The number of hydrogen-bond donors (Lipinski definition) is 0. The van der Waals surface area contributed by atoms with Crippen LogP contribution in [0.3, 0.4) is 0 Å². The van der Waals surface area contributed by atoms with Crippen molar-refractivity contribution in [3.63, 3.8) is 0 Å². The molecule has 0 spiro atoms. The first-order valence-electron chi connectivity index (χ1n) is 10.6. The molecule has 0 saturated heterocycles. The van der Waals surface area contributed by atoms with Crippen molar-refractivity contribution in [2.75, 3.05) is 0 Å². The molecule has 0 fully saturated rings. The fourth-order valence-corrected chi connectivity index (χ4v) is 3.80. The van der Waals surface area contributed by atoms with Gasteiger partial charge in [-0.2, -0.15) is 5.26 Å². The minimum Gasteiger partial charge on any atom is -0.309 e. The van der Waals surface area contributed by atoms with Crippen LogP contribution in [0.4, 0.5) is 0 Å². The molecule has 0 unspecified atom stereocenters. The highest BCUT2D eigenvalue weighted by Crippen LogP contribution is 2.31. The van der Waals surface area contributed by atoms with Crippen molar-refractivity contribution < 1.29 is 0 Å². The number of nitrogens with zero attached hydrogens (tertiary/aromatic N) is 2. The van der Waals surface area contributed by atoms with Gasteiger partial charge in [0.25, 0.3) is 0 Å². The lowest BCUT2D eigenvalue weighted by atomic mass is 10.1. The van der Waals surface area contributed by atoms with Crippen LogP contribution in [0.5, 0.6) is 0 Å². The first-order valence-corrected chi connectivity index (χ1v) is 10.6. The van der Waals surface area contributed by atoms with E-state index in [2.05, 4.69) is 95.6 Å². The molecular formula is C29H24N2. The quantitative estimate of drug-likeness (QED) is 0.283. The zero-order valence-electron chi connectivity index (χ0n) is 17.8. The molecule has 5 rings (SSSR count). The first-order chi connectivity index (χ1) is 15.3. The number of aromatic nitrogens is 1. The fourth-order valence-electron chi connectivity index (χ4n) is 3.80. The zero-order chi connectivity index (χ0) is 21.6. The Kier molecular flexibility index (Phi) is 5.96. The average molecular weight is 401 g/mol. The molecule has 0 atom stereocenters. The van der Waals surface area contributed by atoms with E-state index in [0.717, 1.165) is 16.8 Å². The first kappa shape index (κ1) is 20.2. The van der Waals surface area contributed by atoms with E-state index in [-0.39, 0.29) is 0 Å². The third-order valence-corrected chi connectivity index (χ3v) is 5.24. The molecular weight excluding hydrogens is 376 g/mol. The maximum absolute atomic E-state index is 8.90. The maximum atomic E-state index is 8.90. The van der Waals surface area contributed by atoms with E-state index in [4.69, 9.17) is 5.26 Å². The van der Waals surface area contributed by atoms with Crippen molar-refractivity contribution >= 4 is 34.0 Å². The van der Waals surface area contributed by atoms with Gasteiger partial charge in [0.2, 0.25) is 0 Å². The smallest absolute Gasteiger partial charge is 0.0991 e. The Morgan fingerprint density at radius 3 is 1.55 bits per heavy atom. The van der Waals surface area contributed by atoms with Gasteiger partial charge in [-0.25, -0.2) is 0 Å². The summed E-state index contributed by atoms with van der Waals surface area (Å²) in [6, 6.07) is 35.4. The number of benzene rings is 4. The van der Waals surface area contributed by atoms with E-state index in [1.165, 1.54) is 21.8 Å². The topological polar surface area (TPSA) is 28.7 Å². The van der Waals surface area contributed by atoms with Gasteiger partial charge in [0.15, 0.2) is 0 Å². The monoisotopic (exact) mass is 400 g/mol. The van der Waals surface area contributed by atoms with Crippen molar-refractivity contribution in [3.05, 3.63) is 114 Å². The summed E-state index contributed by atoms with van der Waals surface area (Å²) in [4.78, 5) is 0. The number of rotatable bonds is 3. The number of hydrogen-bond acceptors (Lipinski definition) is 1.